The summed E-state index contributed by atoms with van der Waals surface area (Å²) in [7, 11) is -3.79. The smallest absolute Gasteiger partial charge is 0.261 e. The van der Waals surface area contributed by atoms with Gasteiger partial charge in [0.1, 0.15) is 0 Å². The fourth-order valence-electron chi connectivity index (χ4n) is 3.01. The topological polar surface area (TPSA) is 93.1 Å². The minimum Gasteiger partial charge on any atom is -0.326 e. The van der Waals surface area contributed by atoms with Crippen molar-refractivity contribution in [3.8, 4) is 11.3 Å². The van der Waals surface area contributed by atoms with E-state index in [1.54, 1.807) is 43.0 Å². The average Bonchev–Trinajstić information content (AvgIpc) is 3.30. The Kier molecular flexibility index (Phi) is 5.33. The second-order valence-electron chi connectivity index (χ2n) is 6.53. The number of nitrogens with zero attached hydrogens (tertiary/aromatic N) is 2. The number of fused-ring (bicyclic) bond motifs is 1. The normalized spacial score (nSPS) is 13.1. The molecule has 1 aromatic heterocycles. The molecule has 150 valence electrons. The maximum Gasteiger partial charge on any atom is 0.261 e. The molecule has 0 saturated heterocycles. The van der Waals surface area contributed by atoms with Crippen LogP contribution in [0.25, 0.3) is 11.3 Å². The van der Waals surface area contributed by atoms with Crippen LogP contribution in [0.3, 0.4) is 0 Å². The average molecular weight is 429 g/mol. The van der Waals surface area contributed by atoms with Gasteiger partial charge in [0, 0.05) is 36.2 Å². The Bertz CT molecular complexity index is 1130. The number of carbonyl (C=O) groups excluding carboxylic acids is 1. The number of aryl methyl sites for hydroxylation is 1. The van der Waals surface area contributed by atoms with Gasteiger partial charge in [0.2, 0.25) is 5.91 Å². The molecule has 0 saturated carbocycles. The molecule has 2 heterocycles. The van der Waals surface area contributed by atoms with Crippen molar-refractivity contribution < 1.29 is 13.2 Å². The Labute approximate surface area is 173 Å². The zero-order chi connectivity index (χ0) is 20.4. The monoisotopic (exact) mass is 428 g/mol. The van der Waals surface area contributed by atoms with Gasteiger partial charge in [0.15, 0.2) is 5.16 Å². The van der Waals surface area contributed by atoms with Crippen molar-refractivity contribution in [1.29, 1.82) is 0 Å². The fraction of sp³-hybridized carbons (Fsp3) is 0.200. The second-order valence-corrected chi connectivity index (χ2v) is 9.27. The third kappa shape index (κ3) is 4.15. The number of benzene rings is 2. The predicted molar refractivity (Wildman–Crippen MR) is 115 cm³/mol. The number of para-hydroxylation sites is 1. The lowest BCUT2D eigenvalue weighted by Gasteiger charge is -2.12. The first-order valence-corrected chi connectivity index (χ1v) is 11.7. The summed E-state index contributed by atoms with van der Waals surface area (Å²) < 4.78 is 30.5. The van der Waals surface area contributed by atoms with E-state index in [4.69, 9.17) is 0 Å². The van der Waals surface area contributed by atoms with Crippen LogP contribution >= 0.6 is 11.8 Å². The number of nitrogens with one attached hydrogen (secondary N) is 2. The van der Waals surface area contributed by atoms with Crippen molar-refractivity contribution >= 4 is 39.1 Å². The summed E-state index contributed by atoms with van der Waals surface area (Å²) in [6.07, 6.45) is 2.31. The summed E-state index contributed by atoms with van der Waals surface area (Å²) in [5, 5.41) is 3.65. The van der Waals surface area contributed by atoms with Gasteiger partial charge in [-0.3, -0.25) is 9.52 Å². The highest BCUT2D eigenvalue weighted by Crippen LogP contribution is 2.33. The van der Waals surface area contributed by atoms with Crippen LogP contribution in [0.4, 0.5) is 11.4 Å². The highest BCUT2D eigenvalue weighted by atomic mass is 32.2. The highest BCUT2D eigenvalue weighted by Gasteiger charge is 2.20. The molecule has 0 atom stereocenters. The molecule has 4 rings (SSSR count). The molecule has 0 spiro atoms. The molecule has 7 nitrogen and oxygen atoms in total. The molecular formula is C20H20N4O3S2. The third-order valence-electron chi connectivity index (χ3n) is 4.52. The zero-order valence-corrected chi connectivity index (χ0v) is 17.4. The molecule has 2 N–H and O–H groups in total. The van der Waals surface area contributed by atoms with Gasteiger partial charge in [-0.15, -0.1) is 0 Å². The molecule has 1 aliphatic rings. The lowest BCUT2D eigenvalue weighted by molar-refractivity contribution is -0.115. The van der Waals surface area contributed by atoms with Crippen molar-refractivity contribution in [3.63, 3.8) is 0 Å². The Hall–Kier alpha value is -2.78. The Morgan fingerprint density at radius 2 is 1.93 bits per heavy atom. The van der Waals surface area contributed by atoms with E-state index >= 15 is 0 Å². The van der Waals surface area contributed by atoms with E-state index in [-0.39, 0.29) is 10.8 Å². The van der Waals surface area contributed by atoms with E-state index in [9.17, 15) is 13.2 Å². The number of amides is 1. The zero-order valence-electron chi connectivity index (χ0n) is 15.8. The van der Waals surface area contributed by atoms with Crippen LogP contribution in [-0.2, 0) is 21.4 Å². The number of anilines is 2. The van der Waals surface area contributed by atoms with Gasteiger partial charge >= 0.3 is 0 Å². The van der Waals surface area contributed by atoms with Crippen molar-refractivity contribution in [2.75, 3.05) is 15.8 Å². The standard InChI is InChI=1S/C20H20N4O3S2/c1-2-19(25)21-14-7-9-15(10-8-14)29(26,27)23-17-6-4-3-5-16(17)18-13-24-11-12-28-20(24)22-18/h3-10,13,23H,2,11-12H2,1H3,(H,21,25). The number of aromatic nitrogens is 2. The van der Waals surface area contributed by atoms with E-state index in [0.29, 0.717) is 17.8 Å². The fourth-order valence-corrected chi connectivity index (χ4v) is 5.03. The minimum atomic E-state index is -3.79. The number of rotatable bonds is 6. The van der Waals surface area contributed by atoms with Crippen molar-refractivity contribution in [2.45, 2.75) is 29.9 Å². The van der Waals surface area contributed by atoms with E-state index in [1.807, 2.05) is 18.3 Å². The molecule has 3 aromatic rings. The molecule has 0 bridgehead atoms. The molecule has 29 heavy (non-hydrogen) atoms. The summed E-state index contributed by atoms with van der Waals surface area (Å²) in [6, 6.07) is 13.3. The van der Waals surface area contributed by atoms with Gasteiger partial charge < -0.3 is 9.88 Å². The molecule has 9 heteroatoms. The van der Waals surface area contributed by atoms with Gasteiger partial charge in [0.05, 0.1) is 16.3 Å². The molecule has 0 unspecified atom stereocenters. The van der Waals surface area contributed by atoms with E-state index in [2.05, 4.69) is 19.6 Å². The van der Waals surface area contributed by atoms with E-state index in [0.717, 1.165) is 28.7 Å². The lowest BCUT2D eigenvalue weighted by atomic mass is 10.1. The van der Waals surface area contributed by atoms with Crippen molar-refractivity contribution in [3.05, 3.63) is 54.7 Å². The SMILES string of the molecule is CCC(=O)Nc1ccc(S(=O)(=O)Nc2ccccc2-c2cn3c(n2)SCC3)cc1. The first-order chi connectivity index (χ1) is 14.0. The maximum absolute atomic E-state index is 12.9. The molecular weight excluding hydrogens is 408 g/mol. The first-order valence-electron chi connectivity index (χ1n) is 9.18. The molecule has 1 amide bonds. The van der Waals surface area contributed by atoms with Gasteiger partial charge in [0.25, 0.3) is 10.0 Å². The molecule has 0 aliphatic carbocycles. The van der Waals surface area contributed by atoms with Crippen LogP contribution in [0, 0.1) is 0 Å². The van der Waals surface area contributed by atoms with E-state index in [1.165, 1.54) is 12.1 Å². The minimum absolute atomic E-state index is 0.115. The summed E-state index contributed by atoms with van der Waals surface area (Å²) in [6.45, 7) is 2.66. The highest BCUT2D eigenvalue weighted by molar-refractivity contribution is 7.99. The maximum atomic E-state index is 12.9. The van der Waals surface area contributed by atoms with Crippen LogP contribution in [-0.4, -0.2) is 29.6 Å². The summed E-state index contributed by atoms with van der Waals surface area (Å²) >= 11 is 1.69. The van der Waals surface area contributed by atoms with Gasteiger partial charge in [-0.05, 0) is 30.3 Å². The third-order valence-corrected chi connectivity index (χ3v) is 6.87. The van der Waals surface area contributed by atoms with Crippen LogP contribution < -0.4 is 10.0 Å². The second kappa shape index (κ2) is 7.92. The number of thioether (sulfide) groups is 1. The molecule has 1 aliphatic heterocycles. The Morgan fingerprint density at radius 1 is 1.17 bits per heavy atom. The summed E-state index contributed by atoms with van der Waals surface area (Å²) in [5.74, 6) is 0.879. The quantitative estimate of drug-likeness (QED) is 0.623. The van der Waals surface area contributed by atoms with Crippen LogP contribution in [0.15, 0.2) is 64.8 Å². The Balaban J connectivity index is 1.59. The van der Waals surface area contributed by atoms with Crippen molar-refractivity contribution in [1.82, 2.24) is 9.55 Å². The summed E-state index contributed by atoms with van der Waals surface area (Å²) in [5.41, 5.74) is 2.49. The number of sulfonamides is 1. The van der Waals surface area contributed by atoms with Gasteiger partial charge in [-0.25, -0.2) is 13.4 Å². The van der Waals surface area contributed by atoms with Gasteiger partial charge in [-0.2, -0.15) is 0 Å². The number of hydrogen-bond acceptors (Lipinski definition) is 5. The van der Waals surface area contributed by atoms with Crippen molar-refractivity contribution in [2.24, 2.45) is 0 Å². The largest absolute Gasteiger partial charge is 0.326 e. The molecule has 0 fully saturated rings. The molecule has 2 aromatic carbocycles. The van der Waals surface area contributed by atoms with Crippen LogP contribution in [0.1, 0.15) is 13.3 Å². The lowest BCUT2D eigenvalue weighted by Crippen LogP contribution is -2.14. The molecule has 0 radical (unpaired) electrons. The van der Waals surface area contributed by atoms with E-state index < -0.39 is 10.0 Å². The first kappa shape index (κ1) is 19.5. The number of hydrogen-bond donors (Lipinski definition) is 2. The van der Waals surface area contributed by atoms with Gasteiger partial charge in [-0.1, -0.05) is 36.9 Å². The summed E-state index contributed by atoms with van der Waals surface area (Å²) in [4.78, 5) is 16.2. The predicted octanol–water partition coefficient (Wildman–Crippen LogP) is 3.81. The number of imidazole rings is 1. The van der Waals surface area contributed by atoms with Crippen LogP contribution in [0.5, 0.6) is 0 Å². The number of carbonyl (C=O) groups is 1. The Morgan fingerprint density at radius 3 is 2.66 bits per heavy atom. The van der Waals surface area contributed by atoms with Crippen LogP contribution in [0.2, 0.25) is 0 Å².